The molecule has 0 spiro atoms. The van der Waals surface area contributed by atoms with Gasteiger partial charge in [0.15, 0.2) is 0 Å². The van der Waals surface area contributed by atoms with E-state index in [0.717, 1.165) is 75.8 Å². The van der Waals surface area contributed by atoms with Gasteiger partial charge in [-0.2, -0.15) is 0 Å². The Balaban J connectivity index is 4.62. The van der Waals surface area contributed by atoms with Crippen LogP contribution in [0.5, 0.6) is 0 Å². The number of unbranched alkanes of at least 4 members (excludes halogenated alkanes) is 5. The standard InChI is InChI=1S/C21H45NO5S/c1-4-7-10-13-22(14-11-8-5-2,15-12-21-28(23,24)25)16-18-27-20-19-26-17-9-6-3/h4-21H2,1-3H3. The molecule has 0 aliphatic heterocycles. The van der Waals surface area contributed by atoms with Crippen molar-refractivity contribution in [2.24, 2.45) is 0 Å². The van der Waals surface area contributed by atoms with Crippen molar-refractivity contribution < 1.29 is 26.9 Å². The van der Waals surface area contributed by atoms with E-state index in [9.17, 15) is 13.0 Å². The molecule has 0 aromatic rings. The van der Waals surface area contributed by atoms with Crippen molar-refractivity contribution in [3.05, 3.63) is 0 Å². The lowest BCUT2D eigenvalue weighted by molar-refractivity contribution is -0.929. The van der Waals surface area contributed by atoms with Crippen LogP contribution in [0.15, 0.2) is 0 Å². The number of hydrogen-bond donors (Lipinski definition) is 0. The van der Waals surface area contributed by atoms with E-state index in [1.54, 1.807) is 0 Å². The van der Waals surface area contributed by atoms with Gasteiger partial charge in [-0.3, -0.25) is 0 Å². The van der Waals surface area contributed by atoms with E-state index in [1.807, 2.05) is 0 Å². The minimum absolute atomic E-state index is 0.263. The van der Waals surface area contributed by atoms with Gasteiger partial charge in [-0.25, -0.2) is 8.42 Å². The molecule has 0 bridgehead atoms. The Bertz CT molecular complexity index is 432. The molecule has 0 heterocycles. The first-order chi connectivity index (χ1) is 13.4. The van der Waals surface area contributed by atoms with Gasteiger partial charge in [0.1, 0.15) is 6.54 Å². The maximum absolute atomic E-state index is 11.0. The molecule has 170 valence electrons. The van der Waals surface area contributed by atoms with Crippen LogP contribution < -0.4 is 0 Å². The van der Waals surface area contributed by atoms with Crippen LogP contribution in [0.4, 0.5) is 0 Å². The average molecular weight is 424 g/mol. The van der Waals surface area contributed by atoms with Crippen LogP contribution in [0.1, 0.15) is 78.6 Å². The molecule has 7 heteroatoms. The average Bonchev–Trinajstić information content (AvgIpc) is 2.63. The van der Waals surface area contributed by atoms with Crippen LogP contribution in [-0.4, -0.2) is 75.8 Å². The van der Waals surface area contributed by atoms with Gasteiger partial charge in [-0.15, -0.1) is 0 Å². The Labute approximate surface area is 174 Å². The van der Waals surface area contributed by atoms with Crippen molar-refractivity contribution in [2.75, 3.05) is 58.4 Å². The number of ether oxygens (including phenoxy) is 2. The summed E-state index contributed by atoms with van der Waals surface area (Å²) in [6.07, 6.45) is 9.60. The number of hydrogen-bond acceptors (Lipinski definition) is 5. The highest BCUT2D eigenvalue weighted by molar-refractivity contribution is 7.85. The molecule has 0 unspecified atom stereocenters. The van der Waals surface area contributed by atoms with Gasteiger partial charge in [0.05, 0.1) is 49.6 Å². The summed E-state index contributed by atoms with van der Waals surface area (Å²) in [6, 6.07) is 0. The van der Waals surface area contributed by atoms with E-state index >= 15 is 0 Å². The highest BCUT2D eigenvalue weighted by atomic mass is 32.2. The molecule has 28 heavy (non-hydrogen) atoms. The topological polar surface area (TPSA) is 75.7 Å². The highest BCUT2D eigenvalue weighted by Crippen LogP contribution is 2.15. The lowest BCUT2D eigenvalue weighted by Crippen LogP contribution is -2.52. The zero-order chi connectivity index (χ0) is 21.1. The number of rotatable bonds is 21. The van der Waals surface area contributed by atoms with Crippen LogP contribution >= 0.6 is 0 Å². The fourth-order valence-electron chi connectivity index (χ4n) is 3.47. The molecule has 0 fully saturated rings. The van der Waals surface area contributed by atoms with Crippen molar-refractivity contribution in [1.82, 2.24) is 0 Å². The third-order valence-corrected chi connectivity index (χ3v) is 6.01. The van der Waals surface area contributed by atoms with Crippen LogP contribution in [0, 0.1) is 0 Å². The minimum Gasteiger partial charge on any atom is -0.748 e. The molecular formula is C21H45NO5S. The largest absolute Gasteiger partial charge is 0.748 e. The molecule has 0 saturated heterocycles. The second-order valence-electron chi connectivity index (χ2n) is 7.84. The maximum Gasteiger partial charge on any atom is 0.102 e. The monoisotopic (exact) mass is 423 g/mol. The van der Waals surface area contributed by atoms with Crippen LogP contribution in [0.3, 0.4) is 0 Å². The molecule has 0 aliphatic rings. The van der Waals surface area contributed by atoms with Crippen LogP contribution in [0.2, 0.25) is 0 Å². The maximum atomic E-state index is 11.0. The van der Waals surface area contributed by atoms with Gasteiger partial charge >= 0.3 is 0 Å². The zero-order valence-electron chi connectivity index (χ0n) is 18.6. The Morgan fingerprint density at radius 3 is 1.64 bits per heavy atom. The molecule has 6 nitrogen and oxygen atoms in total. The molecule has 0 aromatic carbocycles. The van der Waals surface area contributed by atoms with E-state index in [-0.39, 0.29) is 5.75 Å². The smallest absolute Gasteiger partial charge is 0.102 e. The summed E-state index contributed by atoms with van der Waals surface area (Å²) in [5.41, 5.74) is 0. The summed E-state index contributed by atoms with van der Waals surface area (Å²) in [4.78, 5) is 0. The van der Waals surface area contributed by atoms with Gasteiger partial charge in [0, 0.05) is 18.8 Å². The summed E-state index contributed by atoms with van der Waals surface area (Å²) < 4.78 is 45.3. The first kappa shape index (κ1) is 27.8. The predicted molar refractivity (Wildman–Crippen MR) is 115 cm³/mol. The van der Waals surface area contributed by atoms with E-state index in [4.69, 9.17) is 9.47 Å². The van der Waals surface area contributed by atoms with E-state index in [0.29, 0.717) is 26.2 Å². The second kappa shape index (κ2) is 17.6. The molecule has 0 rings (SSSR count). The molecule has 0 N–H and O–H groups in total. The van der Waals surface area contributed by atoms with Crippen molar-refractivity contribution in [2.45, 2.75) is 78.6 Å². The van der Waals surface area contributed by atoms with E-state index in [1.165, 1.54) is 12.8 Å². The SMILES string of the molecule is CCCCC[N+](CCCCC)(CCCS(=O)(=O)[O-])CCOCCOCCCC. The first-order valence-corrected chi connectivity index (χ1v) is 12.9. The number of nitrogens with zero attached hydrogens (tertiary/aromatic N) is 1. The van der Waals surface area contributed by atoms with Crippen molar-refractivity contribution in [3.8, 4) is 0 Å². The summed E-state index contributed by atoms with van der Waals surface area (Å²) >= 11 is 0. The molecule has 0 atom stereocenters. The first-order valence-electron chi connectivity index (χ1n) is 11.3. The number of quaternary nitrogens is 1. The van der Waals surface area contributed by atoms with E-state index < -0.39 is 10.1 Å². The van der Waals surface area contributed by atoms with Gasteiger partial charge in [0.2, 0.25) is 0 Å². The lowest BCUT2D eigenvalue weighted by atomic mass is 10.1. The normalized spacial score (nSPS) is 12.6. The van der Waals surface area contributed by atoms with Crippen molar-refractivity contribution in [3.63, 3.8) is 0 Å². The van der Waals surface area contributed by atoms with Gasteiger partial charge in [0.25, 0.3) is 0 Å². The second-order valence-corrected chi connectivity index (χ2v) is 9.37. The Hall–Kier alpha value is -0.210. The Kier molecular flexibility index (Phi) is 17.5. The van der Waals surface area contributed by atoms with Gasteiger partial charge in [-0.05, 0) is 32.1 Å². The molecule has 0 aromatic heterocycles. The van der Waals surface area contributed by atoms with E-state index in [2.05, 4.69) is 20.8 Å². The Morgan fingerprint density at radius 1 is 0.643 bits per heavy atom. The third kappa shape index (κ3) is 16.7. The molecular weight excluding hydrogens is 378 g/mol. The van der Waals surface area contributed by atoms with Gasteiger partial charge in [-0.1, -0.05) is 40.0 Å². The summed E-state index contributed by atoms with van der Waals surface area (Å²) in [5, 5.41) is 0. The highest BCUT2D eigenvalue weighted by Gasteiger charge is 2.26. The van der Waals surface area contributed by atoms with Gasteiger partial charge < -0.3 is 18.5 Å². The molecule has 0 aliphatic carbocycles. The fourth-order valence-corrected chi connectivity index (χ4v) is 3.95. The zero-order valence-corrected chi connectivity index (χ0v) is 19.4. The molecule has 0 amide bonds. The van der Waals surface area contributed by atoms with Crippen molar-refractivity contribution >= 4 is 10.1 Å². The molecule has 0 saturated carbocycles. The lowest BCUT2D eigenvalue weighted by Gasteiger charge is -2.39. The summed E-state index contributed by atoms with van der Waals surface area (Å²) in [7, 11) is -4.14. The Morgan fingerprint density at radius 2 is 1.14 bits per heavy atom. The predicted octanol–water partition coefficient (Wildman–Crippen LogP) is 3.95. The molecule has 0 radical (unpaired) electrons. The fraction of sp³-hybridized carbons (Fsp3) is 1.00. The third-order valence-electron chi connectivity index (χ3n) is 5.22. The minimum atomic E-state index is -4.14. The summed E-state index contributed by atoms with van der Waals surface area (Å²) in [5.74, 6) is -0.263. The quantitative estimate of drug-likeness (QED) is 0.159. The van der Waals surface area contributed by atoms with Crippen LogP contribution in [0.25, 0.3) is 0 Å². The van der Waals surface area contributed by atoms with Crippen LogP contribution in [-0.2, 0) is 19.6 Å². The van der Waals surface area contributed by atoms with Crippen molar-refractivity contribution in [1.29, 1.82) is 0 Å². The summed E-state index contributed by atoms with van der Waals surface area (Å²) in [6.45, 7) is 12.9.